The Kier molecular flexibility index (Phi) is 13.0. The minimum Gasteiger partial charge on any atom is -0.0808 e. The van der Waals surface area contributed by atoms with Crippen LogP contribution >= 0.6 is 15.8 Å². The summed E-state index contributed by atoms with van der Waals surface area (Å²) in [5.41, 5.74) is 8.65. The zero-order chi connectivity index (χ0) is 33.5. The SMILES string of the molecule is C1=CCC=C1.Cc1cc(C)cc(P(c2cc(C)cc(C)c2)[C@H](C)C2C=CC=C2c2ccccc2P(c2ccccc2)c2ccccc2)c1.[Fe]. The van der Waals surface area contributed by atoms with Crippen LogP contribution in [0.5, 0.6) is 0 Å². The molecule has 5 aromatic rings. The van der Waals surface area contributed by atoms with Crippen LogP contribution in [0.2, 0.25) is 0 Å². The third kappa shape index (κ3) is 8.97. The minimum atomic E-state index is -0.705. The van der Waals surface area contributed by atoms with Crippen molar-refractivity contribution in [3.63, 3.8) is 0 Å². The van der Waals surface area contributed by atoms with E-state index in [1.165, 1.54) is 59.9 Å². The Morgan fingerprint density at radius 2 is 1.02 bits per heavy atom. The molecule has 0 N–H and O–H groups in total. The van der Waals surface area contributed by atoms with Crippen molar-refractivity contribution in [3.05, 3.63) is 192 Å². The molecule has 0 aliphatic heterocycles. The summed E-state index contributed by atoms with van der Waals surface area (Å²) in [5.74, 6) is 0.331. The molecule has 0 saturated carbocycles. The fourth-order valence-electron chi connectivity index (χ4n) is 7.03. The largest absolute Gasteiger partial charge is 0.0808 e. The molecule has 0 amide bonds. The molecule has 2 atom stereocenters. The summed E-state index contributed by atoms with van der Waals surface area (Å²) in [6.45, 7) is 11.5. The summed E-state index contributed by atoms with van der Waals surface area (Å²) >= 11 is 0. The van der Waals surface area contributed by atoms with Crippen molar-refractivity contribution in [3.8, 4) is 0 Å². The van der Waals surface area contributed by atoms with Gasteiger partial charge in [-0.2, -0.15) is 0 Å². The molecule has 0 spiro atoms. The molecule has 0 aromatic heterocycles. The molecule has 1 unspecified atom stereocenters. The van der Waals surface area contributed by atoms with Gasteiger partial charge in [0, 0.05) is 23.0 Å². The molecule has 0 radical (unpaired) electrons. The summed E-state index contributed by atoms with van der Waals surface area (Å²) in [5, 5.41) is 7.17. The van der Waals surface area contributed by atoms with Crippen LogP contribution in [0.1, 0.15) is 41.2 Å². The van der Waals surface area contributed by atoms with Crippen molar-refractivity contribution in [1.29, 1.82) is 0 Å². The second-order valence-electron chi connectivity index (χ2n) is 13.0. The first kappa shape index (κ1) is 36.7. The molecule has 0 bridgehead atoms. The summed E-state index contributed by atoms with van der Waals surface area (Å²) < 4.78 is 0. The normalized spacial score (nSPS) is 15.2. The van der Waals surface area contributed by atoms with E-state index in [9.17, 15) is 0 Å². The number of hydrogen-bond donors (Lipinski definition) is 0. The standard InChI is InChI=1S/C41H40P2.C5H6.Fe/c1-29-23-30(2)26-36(25-29)42(37-27-31(3)24-32(4)28-37)33(5)38-20-14-21-39(38)40-19-12-13-22-41(40)43(34-15-8-6-9-16-34)35-17-10-7-11-18-35;1-2-4-5-3-1;/h6-28,33,38H,1-5H3;1-4H,5H2;/t33-,38?;;/m1../s1. The molecule has 0 nitrogen and oxygen atoms in total. The van der Waals surface area contributed by atoms with Crippen LogP contribution in [0.15, 0.2) is 164 Å². The molecule has 7 rings (SSSR count). The Hall–Kier alpha value is -3.56. The van der Waals surface area contributed by atoms with Crippen LogP contribution in [0.4, 0.5) is 0 Å². The van der Waals surface area contributed by atoms with E-state index in [2.05, 4.69) is 198 Å². The molecule has 2 aliphatic rings. The Labute approximate surface area is 307 Å². The van der Waals surface area contributed by atoms with Crippen molar-refractivity contribution in [1.82, 2.24) is 0 Å². The first-order chi connectivity index (χ1) is 23.4. The zero-order valence-electron chi connectivity index (χ0n) is 29.2. The van der Waals surface area contributed by atoms with Gasteiger partial charge in [-0.15, -0.1) is 0 Å². The van der Waals surface area contributed by atoms with Crippen LogP contribution in [0.25, 0.3) is 5.57 Å². The Balaban J connectivity index is 0.000000717. The van der Waals surface area contributed by atoms with E-state index in [0.29, 0.717) is 11.6 Å². The fraction of sp³-hybridized carbons (Fsp3) is 0.174. The minimum absolute atomic E-state index is 0. The number of benzene rings is 5. The van der Waals surface area contributed by atoms with Gasteiger partial charge in [-0.05, 0) is 93.3 Å². The third-order valence-electron chi connectivity index (χ3n) is 8.99. The van der Waals surface area contributed by atoms with E-state index in [1.807, 2.05) is 0 Å². The smallest absolute Gasteiger partial charge is 0.00982 e. The van der Waals surface area contributed by atoms with Crippen LogP contribution in [-0.2, 0) is 17.1 Å². The summed E-state index contributed by atoms with van der Waals surface area (Å²) in [4.78, 5) is 0. The summed E-state index contributed by atoms with van der Waals surface area (Å²) in [7, 11) is -1.31. The predicted molar refractivity (Wildman–Crippen MR) is 216 cm³/mol. The molecule has 3 heteroatoms. The summed E-state index contributed by atoms with van der Waals surface area (Å²) in [6, 6.07) is 45.7. The first-order valence-electron chi connectivity index (χ1n) is 17.0. The Bertz CT molecular complexity index is 1830. The molecule has 49 heavy (non-hydrogen) atoms. The maximum absolute atomic E-state index is 2.50. The Morgan fingerprint density at radius 1 is 0.551 bits per heavy atom. The second-order valence-corrected chi connectivity index (χ2v) is 17.7. The summed E-state index contributed by atoms with van der Waals surface area (Å²) in [6.07, 6.45) is 16.7. The van der Waals surface area contributed by atoms with Gasteiger partial charge in [0.1, 0.15) is 0 Å². The van der Waals surface area contributed by atoms with Gasteiger partial charge in [-0.1, -0.05) is 193 Å². The zero-order valence-corrected chi connectivity index (χ0v) is 32.1. The van der Waals surface area contributed by atoms with Crippen molar-refractivity contribution >= 4 is 47.9 Å². The van der Waals surface area contributed by atoms with Crippen molar-refractivity contribution in [2.75, 3.05) is 0 Å². The van der Waals surface area contributed by atoms with Crippen molar-refractivity contribution in [2.24, 2.45) is 5.92 Å². The number of rotatable bonds is 8. The molecular weight excluding hydrogens is 670 g/mol. The van der Waals surface area contributed by atoms with E-state index < -0.39 is 15.8 Å². The van der Waals surface area contributed by atoms with Crippen LogP contribution in [0, 0.1) is 33.6 Å². The van der Waals surface area contributed by atoms with Crippen LogP contribution in [-0.4, -0.2) is 5.66 Å². The fourth-order valence-corrected chi connectivity index (χ4v) is 12.7. The monoisotopic (exact) mass is 716 g/mol. The van der Waals surface area contributed by atoms with Gasteiger partial charge in [0.05, 0.1) is 0 Å². The maximum Gasteiger partial charge on any atom is 0.00982 e. The van der Waals surface area contributed by atoms with Crippen LogP contribution < -0.4 is 26.5 Å². The van der Waals surface area contributed by atoms with E-state index in [1.54, 1.807) is 0 Å². The number of allylic oxidation sites excluding steroid dienone is 8. The average Bonchev–Trinajstić information content (AvgIpc) is 3.82. The quantitative estimate of drug-likeness (QED) is 0.111. The van der Waals surface area contributed by atoms with E-state index in [4.69, 9.17) is 0 Å². The number of aryl methyl sites for hydroxylation is 4. The van der Waals surface area contributed by atoms with Crippen molar-refractivity contribution < 1.29 is 17.1 Å². The van der Waals surface area contributed by atoms with Gasteiger partial charge in [-0.25, -0.2) is 0 Å². The van der Waals surface area contributed by atoms with E-state index in [-0.39, 0.29) is 17.1 Å². The third-order valence-corrected chi connectivity index (χ3v) is 14.3. The predicted octanol–water partition coefficient (Wildman–Crippen LogP) is 10.3. The maximum atomic E-state index is 2.50. The topological polar surface area (TPSA) is 0 Å². The Morgan fingerprint density at radius 3 is 1.49 bits per heavy atom. The van der Waals surface area contributed by atoms with Gasteiger partial charge in [0.15, 0.2) is 0 Å². The molecule has 248 valence electrons. The molecular formula is C46H46FeP2. The van der Waals surface area contributed by atoms with Crippen molar-refractivity contribution in [2.45, 2.75) is 46.7 Å². The van der Waals surface area contributed by atoms with Gasteiger partial charge >= 0.3 is 0 Å². The van der Waals surface area contributed by atoms with E-state index >= 15 is 0 Å². The van der Waals surface area contributed by atoms with Gasteiger partial charge in [-0.3, -0.25) is 0 Å². The van der Waals surface area contributed by atoms with Gasteiger partial charge in [0.25, 0.3) is 0 Å². The van der Waals surface area contributed by atoms with Gasteiger partial charge in [0.2, 0.25) is 0 Å². The second kappa shape index (κ2) is 17.4. The number of hydrogen-bond acceptors (Lipinski definition) is 0. The molecule has 2 aliphatic carbocycles. The van der Waals surface area contributed by atoms with E-state index in [0.717, 1.165) is 6.42 Å². The molecule has 0 saturated heterocycles. The molecule has 5 aromatic carbocycles. The first-order valence-corrected chi connectivity index (χ1v) is 19.8. The average molecular weight is 717 g/mol. The molecule has 0 heterocycles. The van der Waals surface area contributed by atoms with Crippen LogP contribution in [0.3, 0.4) is 0 Å². The molecule has 0 fully saturated rings. The van der Waals surface area contributed by atoms with Gasteiger partial charge < -0.3 is 0 Å².